The number of aliphatic carboxylic acids is 1. The van der Waals surface area contributed by atoms with Crippen molar-refractivity contribution in [2.45, 2.75) is 32.2 Å². The standard InChI is InChI=1S/C20H23NO4/c1-13-6-4-5-7-17(13)18(12-19(22)23)21-20(24)14(2)15-8-10-16(25-3)11-9-15/h4-11,14,18H,12H2,1-3H3,(H,21,24)(H,22,23). The molecule has 0 heterocycles. The molecular formula is C20H23NO4. The van der Waals surface area contributed by atoms with Crippen molar-refractivity contribution in [1.82, 2.24) is 5.32 Å². The number of carboxylic acids is 1. The third-order valence-corrected chi connectivity index (χ3v) is 4.27. The molecule has 0 radical (unpaired) electrons. The predicted octanol–water partition coefficient (Wildman–Crippen LogP) is 3.44. The monoisotopic (exact) mass is 341 g/mol. The Morgan fingerprint density at radius 1 is 1.12 bits per heavy atom. The maximum Gasteiger partial charge on any atom is 0.305 e. The molecule has 1 amide bonds. The molecule has 2 unspecified atom stereocenters. The van der Waals surface area contributed by atoms with Crippen molar-refractivity contribution in [2.75, 3.05) is 7.11 Å². The summed E-state index contributed by atoms with van der Waals surface area (Å²) in [5.74, 6) is -0.837. The molecule has 2 aromatic carbocycles. The van der Waals surface area contributed by atoms with Gasteiger partial charge in [0.15, 0.2) is 0 Å². The molecule has 2 N–H and O–H groups in total. The van der Waals surface area contributed by atoms with Crippen molar-refractivity contribution in [2.24, 2.45) is 0 Å². The minimum absolute atomic E-state index is 0.161. The highest BCUT2D eigenvalue weighted by atomic mass is 16.5. The zero-order valence-electron chi connectivity index (χ0n) is 14.7. The molecule has 0 bridgehead atoms. The number of nitrogens with one attached hydrogen (secondary N) is 1. The maximum atomic E-state index is 12.6. The van der Waals surface area contributed by atoms with Gasteiger partial charge in [0.05, 0.1) is 25.5 Å². The number of aryl methyl sites for hydroxylation is 1. The van der Waals surface area contributed by atoms with Crippen LogP contribution in [0.3, 0.4) is 0 Å². The van der Waals surface area contributed by atoms with Crippen LogP contribution in [0.4, 0.5) is 0 Å². The minimum Gasteiger partial charge on any atom is -0.497 e. The van der Waals surface area contributed by atoms with E-state index >= 15 is 0 Å². The van der Waals surface area contributed by atoms with Gasteiger partial charge in [0.25, 0.3) is 0 Å². The number of carbonyl (C=O) groups is 2. The Labute approximate surface area is 147 Å². The highest BCUT2D eigenvalue weighted by Gasteiger charge is 2.23. The van der Waals surface area contributed by atoms with Crippen LogP contribution in [0, 0.1) is 6.92 Å². The zero-order chi connectivity index (χ0) is 18.4. The van der Waals surface area contributed by atoms with E-state index in [4.69, 9.17) is 4.74 Å². The second-order valence-electron chi connectivity index (χ2n) is 6.01. The van der Waals surface area contributed by atoms with Gasteiger partial charge in [0, 0.05) is 0 Å². The summed E-state index contributed by atoms with van der Waals surface area (Å²) >= 11 is 0. The number of benzene rings is 2. The smallest absolute Gasteiger partial charge is 0.305 e. The van der Waals surface area contributed by atoms with E-state index in [9.17, 15) is 14.7 Å². The summed E-state index contributed by atoms with van der Waals surface area (Å²) in [7, 11) is 1.59. The molecule has 5 heteroatoms. The Hall–Kier alpha value is -2.82. The van der Waals surface area contributed by atoms with Crippen LogP contribution >= 0.6 is 0 Å². The molecule has 25 heavy (non-hydrogen) atoms. The normalized spacial score (nSPS) is 12.9. The Bertz CT molecular complexity index is 740. The Balaban J connectivity index is 2.18. The van der Waals surface area contributed by atoms with Crippen LogP contribution in [-0.4, -0.2) is 24.1 Å². The molecule has 2 rings (SSSR count). The summed E-state index contributed by atoms with van der Waals surface area (Å²) < 4.78 is 5.12. The van der Waals surface area contributed by atoms with E-state index in [1.165, 1.54) is 0 Å². The lowest BCUT2D eigenvalue weighted by molar-refractivity contribution is -0.137. The minimum atomic E-state index is -0.953. The number of hydrogen-bond acceptors (Lipinski definition) is 3. The van der Waals surface area contributed by atoms with Crippen LogP contribution in [0.15, 0.2) is 48.5 Å². The molecule has 0 aliphatic heterocycles. The number of methoxy groups -OCH3 is 1. The van der Waals surface area contributed by atoms with E-state index in [2.05, 4.69) is 5.32 Å². The quantitative estimate of drug-likeness (QED) is 0.809. The third-order valence-electron chi connectivity index (χ3n) is 4.27. The molecule has 2 aromatic rings. The second-order valence-corrected chi connectivity index (χ2v) is 6.01. The van der Waals surface area contributed by atoms with Crippen molar-refractivity contribution < 1.29 is 19.4 Å². The molecule has 0 saturated carbocycles. The third kappa shape index (κ3) is 4.83. The SMILES string of the molecule is COc1ccc(C(C)C(=O)NC(CC(=O)O)c2ccccc2C)cc1. The van der Waals surface area contributed by atoms with Crippen molar-refractivity contribution >= 4 is 11.9 Å². The Morgan fingerprint density at radius 2 is 1.76 bits per heavy atom. The molecule has 0 aromatic heterocycles. The maximum absolute atomic E-state index is 12.6. The van der Waals surface area contributed by atoms with Gasteiger partial charge in [0.2, 0.25) is 5.91 Å². The summed E-state index contributed by atoms with van der Waals surface area (Å²) in [6, 6.07) is 14.2. The van der Waals surface area contributed by atoms with Crippen LogP contribution in [0.25, 0.3) is 0 Å². The fraction of sp³-hybridized carbons (Fsp3) is 0.300. The van der Waals surface area contributed by atoms with Gasteiger partial charge >= 0.3 is 5.97 Å². The number of carbonyl (C=O) groups excluding carboxylic acids is 1. The van der Waals surface area contributed by atoms with Gasteiger partial charge in [-0.3, -0.25) is 9.59 Å². The van der Waals surface area contributed by atoms with E-state index in [1.54, 1.807) is 26.2 Å². The Morgan fingerprint density at radius 3 is 2.32 bits per heavy atom. The van der Waals surface area contributed by atoms with Crippen LogP contribution < -0.4 is 10.1 Å². The van der Waals surface area contributed by atoms with Gasteiger partial charge in [-0.2, -0.15) is 0 Å². The summed E-state index contributed by atoms with van der Waals surface area (Å²) in [5.41, 5.74) is 2.61. The largest absolute Gasteiger partial charge is 0.497 e. The molecule has 0 aliphatic rings. The van der Waals surface area contributed by atoms with Crippen molar-refractivity contribution in [3.8, 4) is 5.75 Å². The van der Waals surface area contributed by atoms with E-state index in [1.807, 2.05) is 43.3 Å². The zero-order valence-corrected chi connectivity index (χ0v) is 14.7. The summed E-state index contributed by atoms with van der Waals surface area (Å²) in [6.45, 7) is 3.70. The molecule has 0 fully saturated rings. The van der Waals surface area contributed by atoms with Crippen molar-refractivity contribution in [3.63, 3.8) is 0 Å². The lowest BCUT2D eigenvalue weighted by Crippen LogP contribution is -2.33. The van der Waals surface area contributed by atoms with E-state index in [0.29, 0.717) is 0 Å². The van der Waals surface area contributed by atoms with Gasteiger partial charge in [-0.15, -0.1) is 0 Å². The topological polar surface area (TPSA) is 75.6 Å². The van der Waals surface area contributed by atoms with Gasteiger partial charge in [0.1, 0.15) is 5.75 Å². The van der Waals surface area contributed by atoms with Crippen LogP contribution in [-0.2, 0) is 9.59 Å². The van der Waals surface area contributed by atoms with Gasteiger partial charge < -0.3 is 15.2 Å². The van der Waals surface area contributed by atoms with Crippen LogP contribution in [0.1, 0.15) is 42.0 Å². The number of carboxylic acid groups (broad SMARTS) is 1. The first kappa shape index (κ1) is 18.5. The molecule has 132 valence electrons. The average Bonchev–Trinajstić information content (AvgIpc) is 2.60. The molecule has 5 nitrogen and oxygen atoms in total. The van der Waals surface area contributed by atoms with E-state index in [-0.39, 0.29) is 12.3 Å². The predicted molar refractivity (Wildman–Crippen MR) is 95.7 cm³/mol. The highest BCUT2D eigenvalue weighted by molar-refractivity contribution is 5.84. The second kappa shape index (κ2) is 8.33. The lowest BCUT2D eigenvalue weighted by atomic mass is 9.96. The lowest BCUT2D eigenvalue weighted by Gasteiger charge is -2.22. The molecule has 0 aliphatic carbocycles. The first-order valence-corrected chi connectivity index (χ1v) is 8.14. The fourth-order valence-electron chi connectivity index (χ4n) is 2.73. The number of amides is 1. The van der Waals surface area contributed by atoms with Gasteiger partial charge in [-0.25, -0.2) is 0 Å². The Kier molecular flexibility index (Phi) is 6.17. The number of rotatable bonds is 7. The van der Waals surface area contributed by atoms with E-state index in [0.717, 1.165) is 22.4 Å². The number of hydrogen-bond donors (Lipinski definition) is 2. The van der Waals surface area contributed by atoms with Crippen LogP contribution in [0.5, 0.6) is 5.75 Å². The first-order chi connectivity index (χ1) is 11.9. The van der Waals surface area contributed by atoms with Gasteiger partial charge in [-0.1, -0.05) is 36.4 Å². The molecule has 0 saturated heterocycles. The average molecular weight is 341 g/mol. The summed E-state index contributed by atoms with van der Waals surface area (Å²) in [6.07, 6.45) is -0.161. The summed E-state index contributed by atoms with van der Waals surface area (Å²) in [5, 5.41) is 12.1. The first-order valence-electron chi connectivity index (χ1n) is 8.14. The van der Waals surface area contributed by atoms with E-state index < -0.39 is 17.9 Å². The number of ether oxygens (including phenoxy) is 1. The molecular weight excluding hydrogens is 318 g/mol. The highest BCUT2D eigenvalue weighted by Crippen LogP contribution is 2.24. The van der Waals surface area contributed by atoms with Crippen LogP contribution in [0.2, 0.25) is 0 Å². The van der Waals surface area contributed by atoms with Crippen molar-refractivity contribution in [1.29, 1.82) is 0 Å². The van der Waals surface area contributed by atoms with Gasteiger partial charge in [-0.05, 0) is 42.7 Å². The fourth-order valence-corrected chi connectivity index (χ4v) is 2.73. The molecule has 0 spiro atoms. The summed E-state index contributed by atoms with van der Waals surface area (Å²) in [4.78, 5) is 23.9. The molecule has 2 atom stereocenters. The van der Waals surface area contributed by atoms with Crippen molar-refractivity contribution in [3.05, 3.63) is 65.2 Å².